The molecule has 1 atom stereocenters. The van der Waals surface area contributed by atoms with Crippen LogP contribution in [0.4, 0.5) is 0 Å². The minimum absolute atomic E-state index is 0.0700. The molecule has 24 heavy (non-hydrogen) atoms. The van der Waals surface area contributed by atoms with Gasteiger partial charge in [0.05, 0.1) is 6.54 Å². The van der Waals surface area contributed by atoms with Crippen molar-refractivity contribution in [3.63, 3.8) is 0 Å². The molecule has 0 aromatic heterocycles. The minimum atomic E-state index is -0.350. The largest absolute Gasteiger partial charge is 0.357 e. The Bertz CT molecular complexity index is 416. The molecule has 1 amide bonds. The van der Waals surface area contributed by atoms with Gasteiger partial charge < -0.3 is 15.5 Å². The Labute approximate surface area is 148 Å². The molecular weight excluding hydrogens is 302 g/mol. The fraction of sp³-hybridized carbons (Fsp3) is 0.889. The van der Waals surface area contributed by atoms with E-state index in [-0.39, 0.29) is 11.3 Å². The van der Waals surface area contributed by atoms with Gasteiger partial charge in [0, 0.05) is 38.1 Å². The Morgan fingerprint density at radius 1 is 1.29 bits per heavy atom. The molecule has 0 aromatic rings. The molecule has 0 spiro atoms. The summed E-state index contributed by atoms with van der Waals surface area (Å²) < 4.78 is 0. The standard InChI is InChI=1S/C18H37N5O/c1-7-19-17(21-12-11-20-16(24)18(3,4)5)22(6)14-15-10-9-13-23(15)8-2/h15H,7-14H2,1-6H3,(H,19,21)(H,20,24). The highest BCUT2D eigenvalue weighted by molar-refractivity contribution is 5.81. The number of nitrogens with one attached hydrogen (secondary N) is 2. The highest BCUT2D eigenvalue weighted by Crippen LogP contribution is 2.17. The zero-order valence-corrected chi connectivity index (χ0v) is 16.5. The Morgan fingerprint density at radius 2 is 2.00 bits per heavy atom. The van der Waals surface area contributed by atoms with E-state index >= 15 is 0 Å². The van der Waals surface area contributed by atoms with Crippen LogP contribution in [0.25, 0.3) is 0 Å². The number of carbonyl (C=O) groups is 1. The number of rotatable bonds is 7. The van der Waals surface area contributed by atoms with E-state index in [1.54, 1.807) is 0 Å². The van der Waals surface area contributed by atoms with Gasteiger partial charge in [0.25, 0.3) is 0 Å². The first kappa shape index (κ1) is 20.7. The highest BCUT2D eigenvalue weighted by atomic mass is 16.2. The molecule has 6 nitrogen and oxygen atoms in total. The summed E-state index contributed by atoms with van der Waals surface area (Å²) in [6.07, 6.45) is 2.55. The third-order valence-corrected chi connectivity index (χ3v) is 4.43. The number of likely N-dealkylation sites (N-methyl/N-ethyl adjacent to an activating group) is 2. The monoisotopic (exact) mass is 339 g/mol. The zero-order valence-electron chi connectivity index (χ0n) is 16.5. The van der Waals surface area contributed by atoms with Crippen molar-refractivity contribution in [2.75, 3.05) is 46.3 Å². The Kier molecular flexibility index (Phi) is 8.53. The van der Waals surface area contributed by atoms with Gasteiger partial charge >= 0.3 is 0 Å². The van der Waals surface area contributed by atoms with E-state index < -0.39 is 0 Å². The van der Waals surface area contributed by atoms with Crippen LogP contribution in [-0.4, -0.2) is 74.0 Å². The maximum absolute atomic E-state index is 11.9. The molecule has 1 saturated heterocycles. The van der Waals surface area contributed by atoms with Crippen molar-refractivity contribution in [2.45, 2.75) is 53.5 Å². The molecular formula is C18H37N5O. The maximum Gasteiger partial charge on any atom is 0.225 e. The van der Waals surface area contributed by atoms with E-state index in [0.717, 1.165) is 25.6 Å². The van der Waals surface area contributed by atoms with Crippen LogP contribution in [0.15, 0.2) is 4.99 Å². The molecule has 2 N–H and O–H groups in total. The first-order valence-electron chi connectivity index (χ1n) is 9.31. The quantitative estimate of drug-likeness (QED) is 0.419. The van der Waals surface area contributed by atoms with Crippen LogP contribution < -0.4 is 10.6 Å². The van der Waals surface area contributed by atoms with E-state index in [1.807, 2.05) is 20.8 Å². The minimum Gasteiger partial charge on any atom is -0.357 e. The molecule has 1 heterocycles. The number of hydrogen-bond donors (Lipinski definition) is 2. The van der Waals surface area contributed by atoms with Gasteiger partial charge in [-0.05, 0) is 32.9 Å². The molecule has 0 bridgehead atoms. The van der Waals surface area contributed by atoms with Gasteiger partial charge in [-0.25, -0.2) is 0 Å². The van der Waals surface area contributed by atoms with Gasteiger partial charge in [-0.1, -0.05) is 27.7 Å². The average molecular weight is 340 g/mol. The summed E-state index contributed by atoms with van der Waals surface area (Å²) in [4.78, 5) is 21.3. The van der Waals surface area contributed by atoms with Crippen molar-refractivity contribution in [3.05, 3.63) is 0 Å². The zero-order chi connectivity index (χ0) is 18.2. The van der Waals surface area contributed by atoms with Crippen molar-refractivity contribution in [1.82, 2.24) is 20.4 Å². The van der Waals surface area contributed by atoms with Gasteiger partial charge in [-0.2, -0.15) is 0 Å². The van der Waals surface area contributed by atoms with Crippen LogP contribution >= 0.6 is 0 Å². The lowest BCUT2D eigenvalue weighted by Gasteiger charge is -2.29. The van der Waals surface area contributed by atoms with E-state index in [2.05, 4.69) is 46.3 Å². The topological polar surface area (TPSA) is 60.0 Å². The Balaban J connectivity index is 2.50. The van der Waals surface area contributed by atoms with Crippen LogP contribution in [0, 0.1) is 5.41 Å². The van der Waals surface area contributed by atoms with E-state index in [4.69, 9.17) is 0 Å². The summed E-state index contributed by atoms with van der Waals surface area (Å²) in [5.74, 6) is 0.992. The van der Waals surface area contributed by atoms with Crippen molar-refractivity contribution < 1.29 is 4.79 Å². The van der Waals surface area contributed by atoms with E-state index in [1.165, 1.54) is 19.4 Å². The number of nitrogens with zero attached hydrogens (tertiary/aromatic N) is 3. The number of likely N-dealkylation sites (tertiary alicyclic amines) is 1. The van der Waals surface area contributed by atoms with Crippen LogP contribution in [0.2, 0.25) is 0 Å². The molecule has 0 aliphatic carbocycles. The van der Waals surface area contributed by atoms with Crippen LogP contribution in [0.3, 0.4) is 0 Å². The predicted octanol–water partition coefficient (Wildman–Crippen LogP) is 1.53. The normalized spacial score (nSPS) is 19.4. The second-order valence-electron chi connectivity index (χ2n) is 7.55. The van der Waals surface area contributed by atoms with Crippen molar-refractivity contribution in [2.24, 2.45) is 10.4 Å². The van der Waals surface area contributed by atoms with E-state index in [9.17, 15) is 4.79 Å². The summed E-state index contributed by atoms with van der Waals surface area (Å²) in [6, 6.07) is 0.615. The number of aliphatic imine (C=N–C) groups is 1. The summed E-state index contributed by atoms with van der Waals surface area (Å²) in [6.45, 7) is 15.4. The van der Waals surface area contributed by atoms with Crippen LogP contribution in [0.5, 0.6) is 0 Å². The molecule has 0 aromatic carbocycles. The molecule has 1 rings (SSSR count). The second kappa shape index (κ2) is 9.87. The fourth-order valence-electron chi connectivity index (χ4n) is 2.99. The SMILES string of the molecule is CCNC(=NCCNC(=O)C(C)(C)C)N(C)CC1CCCN1CC. The third-order valence-electron chi connectivity index (χ3n) is 4.43. The first-order chi connectivity index (χ1) is 11.3. The molecule has 1 fully saturated rings. The number of amides is 1. The second-order valence-corrected chi connectivity index (χ2v) is 7.55. The fourth-order valence-corrected chi connectivity index (χ4v) is 2.99. The lowest BCUT2D eigenvalue weighted by molar-refractivity contribution is -0.128. The van der Waals surface area contributed by atoms with Gasteiger partial charge in [0.15, 0.2) is 5.96 Å². The third kappa shape index (κ3) is 6.67. The molecule has 0 radical (unpaired) electrons. The smallest absolute Gasteiger partial charge is 0.225 e. The maximum atomic E-state index is 11.9. The average Bonchev–Trinajstić information content (AvgIpc) is 2.96. The Morgan fingerprint density at radius 3 is 2.58 bits per heavy atom. The Hall–Kier alpha value is -1.30. The lowest BCUT2D eigenvalue weighted by Crippen LogP contribution is -2.46. The summed E-state index contributed by atoms with van der Waals surface area (Å²) in [5, 5.41) is 6.30. The van der Waals surface area contributed by atoms with Gasteiger partial charge in [0.1, 0.15) is 0 Å². The highest BCUT2D eigenvalue weighted by Gasteiger charge is 2.25. The summed E-state index contributed by atoms with van der Waals surface area (Å²) in [5.41, 5.74) is -0.350. The van der Waals surface area contributed by atoms with Gasteiger partial charge in [-0.15, -0.1) is 0 Å². The van der Waals surface area contributed by atoms with Gasteiger partial charge in [-0.3, -0.25) is 14.7 Å². The summed E-state index contributed by atoms with van der Waals surface area (Å²) in [7, 11) is 2.10. The molecule has 0 saturated carbocycles. The summed E-state index contributed by atoms with van der Waals surface area (Å²) >= 11 is 0. The van der Waals surface area contributed by atoms with Crippen molar-refractivity contribution >= 4 is 11.9 Å². The van der Waals surface area contributed by atoms with Crippen molar-refractivity contribution in [1.29, 1.82) is 0 Å². The predicted molar refractivity (Wildman–Crippen MR) is 101 cm³/mol. The molecule has 1 aliphatic heterocycles. The van der Waals surface area contributed by atoms with Crippen molar-refractivity contribution in [3.8, 4) is 0 Å². The van der Waals surface area contributed by atoms with Crippen LogP contribution in [0.1, 0.15) is 47.5 Å². The molecule has 6 heteroatoms. The lowest BCUT2D eigenvalue weighted by atomic mass is 9.96. The van der Waals surface area contributed by atoms with Crippen LogP contribution in [-0.2, 0) is 4.79 Å². The first-order valence-corrected chi connectivity index (χ1v) is 9.31. The molecule has 140 valence electrons. The molecule has 1 aliphatic rings. The number of guanidine groups is 1. The number of hydrogen-bond acceptors (Lipinski definition) is 3. The number of carbonyl (C=O) groups excluding carboxylic acids is 1. The van der Waals surface area contributed by atoms with E-state index in [0.29, 0.717) is 19.1 Å². The van der Waals surface area contributed by atoms with Gasteiger partial charge in [0.2, 0.25) is 5.91 Å². The molecule has 1 unspecified atom stereocenters.